The maximum atomic E-state index is 11.7. The Morgan fingerprint density at radius 3 is 2.59 bits per heavy atom. The first kappa shape index (κ1) is 12.0. The quantitative estimate of drug-likeness (QED) is 0.831. The van der Waals surface area contributed by atoms with Crippen LogP contribution in [0.1, 0.15) is 43.4 Å². The molecule has 5 nitrogen and oxygen atoms in total. The van der Waals surface area contributed by atoms with Gasteiger partial charge in [0.15, 0.2) is 0 Å². The number of carbonyl (C=O) groups excluding carboxylic acids is 1. The smallest absolute Gasteiger partial charge is 0.321 e. The molecule has 0 bridgehead atoms. The molecule has 17 heavy (non-hydrogen) atoms. The first-order valence-corrected chi connectivity index (χ1v) is 6.17. The van der Waals surface area contributed by atoms with Crippen LogP contribution >= 0.6 is 0 Å². The van der Waals surface area contributed by atoms with Crippen LogP contribution in [-0.4, -0.2) is 17.2 Å². The summed E-state index contributed by atoms with van der Waals surface area (Å²) in [5.41, 5.74) is 1.68. The molecule has 0 atom stereocenters. The van der Waals surface area contributed by atoms with Crippen molar-refractivity contribution in [1.82, 2.24) is 10.5 Å². The maximum Gasteiger partial charge on any atom is 0.321 e. The Bertz CT molecular complexity index is 394. The van der Waals surface area contributed by atoms with Crippen molar-refractivity contribution in [2.45, 2.75) is 52.0 Å². The van der Waals surface area contributed by atoms with Crippen molar-refractivity contribution in [3.8, 4) is 0 Å². The second-order valence-electron chi connectivity index (χ2n) is 4.66. The lowest BCUT2D eigenvalue weighted by Gasteiger charge is -2.22. The van der Waals surface area contributed by atoms with Crippen LogP contribution in [0.25, 0.3) is 0 Å². The monoisotopic (exact) mass is 237 g/mol. The Kier molecular flexibility index (Phi) is 3.66. The van der Waals surface area contributed by atoms with Crippen LogP contribution in [0.5, 0.6) is 0 Å². The van der Waals surface area contributed by atoms with Gasteiger partial charge in [0, 0.05) is 11.6 Å². The lowest BCUT2D eigenvalue weighted by atomic mass is 9.96. The van der Waals surface area contributed by atoms with Crippen molar-refractivity contribution in [2.24, 2.45) is 0 Å². The molecular formula is C12H19N3O2. The van der Waals surface area contributed by atoms with E-state index >= 15 is 0 Å². The minimum absolute atomic E-state index is 0.198. The molecule has 5 heteroatoms. The van der Waals surface area contributed by atoms with Crippen LogP contribution in [0, 0.1) is 13.8 Å². The standard InChI is InChI=1S/C12H19N3O2/c1-8-9(2)15-17-11(8)14-12(16)13-10-6-4-3-5-7-10/h10H,3-7H2,1-2H3,(H2,13,14,16). The zero-order chi connectivity index (χ0) is 12.3. The van der Waals surface area contributed by atoms with Gasteiger partial charge < -0.3 is 9.84 Å². The fourth-order valence-electron chi connectivity index (χ4n) is 2.10. The molecule has 1 fully saturated rings. The average Bonchev–Trinajstić information content (AvgIpc) is 2.62. The molecule has 2 N–H and O–H groups in total. The minimum Gasteiger partial charge on any atom is -0.338 e. The summed E-state index contributed by atoms with van der Waals surface area (Å²) in [4.78, 5) is 11.7. The highest BCUT2D eigenvalue weighted by Crippen LogP contribution is 2.19. The average molecular weight is 237 g/mol. The van der Waals surface area contributed by atoms with E-state index in [4.69, 9.17) is 4.52 Å². The van der Waals surface area contributed by atoms with E-state index in [0.29, 0.717) is 11.9 Å². The highest BCUT2D eigenvalue weighted by Gasteiger charge is 2.17. The van der Waals surface area contributed by atoms with Gasteiger partial charge in [-0.05, 0) is 26.7 Å². The number of hydrogen-bond acceptors (Lipinski definition) is 3. The van der Waals surface area contributed by atoms with Gasteiger partial charge in [-0.3, -0.25) is 5.32 Å². The molecule has 0 saturated heterocycles. The van der Waals surface area contributed by atoms with E-state index in [1.165, 1.54) is 19.3 Å². The number of urea groups is 1. The van der Waals surface area contributed by atoms with Crippen molar-refractivity contribution < 1.29 is 9.32 Å². The molecule has 1 aromatic rings. The third-order valence-electron chi connectivity index (χ3n) is 3.32. The molecule has 1 heterocycles. The highest BCUT2D eigenvalue weighted by atomic mass is 16.5. The van der Waals surface area contributed by atoms with Gasteiger partial charge in [-0.15, -0.1) is 0 Å². The van der Waals surface area contributed by atoms with E-state index in [1.807, 2.05) is 13.8 Å². The molecule has 0 spiro atoms. The molecule has 1 aromatic heterocycles. The predicted molar refractivity (Wildman–Crippen MR) is 65.0 cm³/mol. The van der Waals surface area contributed by atoms with Gasteiger partial charge in [-0.1, -0.05) is 24.4 Å². The first-order chi connectivity index (χ1) is 8.16. The van der Waals surface area contributed by atoms with Crippen molar-refractivity contribution in [3.63, 3.8) is 0 Å². The minimum atomic E-state index is -0.198. The summed E-state index contributed by atoms with van der Waals surface area (Å²) < 4.78 is 5.03. The van der Waals surface area contributed by atoms with E-state index < -0.39 is 0 Å². The zero-order valence-corrected chi connectivity index (χ0v) is 10.4. The van der Waals surface area contributed by atoms with E-state index in [0.717, 1.165) is 24.1 Å². The third-order valence-corrected chi connectivity index (χ3v) is 3.32. The van der Waals surface area contributed by atoms with Crippen LogP contribution in [0.4, 0.5) is 10.7 Å². The number of nitrogens with one attached hydrogen (secondary N) is 2. The number of amides is 2. The summed E-state index contributed by atoms with van der Waals surface area (Å²) in [6.07, 6.45) is 5.82. The van der Waals surface area contributed by atoms with E-state index in [1.54, 1.807) is 0 Å². The van der Waals surface area contributed by atoms with Crippen molar-refractivity contribution in [1.29, 1.82) is 0 Å². The van der Waals surface area contributed by atoms with Crippen LogP contribution in [0.15, 0.2) is 4.52 Å². The molecule has 0 unspecified atom stereocenters. The van der Waals surface area contributed by atoms with Crippen molar-refractivity contribution >= 4 is 11.9 Å². The van der Waals surface area contributed by atoms with Gasteiger partial charge in [-0.2, -0.15) is 0 Å². The number of carbonyl (C=O) groups is 1. The molecule has 0 aliphatic heterocycles. The Hall–Kier alpha value is -1.52. The summed E-state index contributed by atoms with van der Waals surface area (Å²) in [5, 5.41) is 9.46. The first-order valence-electron chi connectivity index (χ1n) is 6.17. The lowest BCUT2D eigenvalue weighted by molar-refractivity contribution is 0.243. The topological polar surface area (TPSA) is 67.2 Å². The summed E-state index contributed by atoms with van der Waals surface area (Å²) >= 11 is 0. The molecule has 2 amide bonds. The summed E-state index contributed by atoms with van der Waals surface area (Å²) in [6, 6.07) is 0.101. The molecule has 0 radical (unpaired) electrons. The van der Waals surface area contributed by atoms with Gasteiger partial charge in [0.25, 0.3) is 0 Å². The highest BCUT2D eigenvalue weighted by molar-refractivity contribution is 5.88. The maximum absolute atomic E-state index is 11.7. The summed E-state index contributed by atoms with van der Waals surface area (Å²) in [5.74, 6) is 0.441. The molecule has 1 saturated carbocycles. The van der Waals surface area contributed by atoms with Crippen molar-refractivity contribution in [2.75, 3.05) is 5.32 Å². The van der Waals surface area contributed by atoms with E-state index in [9.17, 15) is 4.79 Å². The predicted octanol–water partition coefficient (Wildman–Crippen LogP) is 2.75. The number of nitrogens with zero attached hydrogens (tertiary/aromatic N) is 1. The Morgan fingerprint density at radius 1 is 1.29 bits per heavy atom. The number of anilines is 1. The summed E-state index contributed by atoms with van der Waals surface area (Å²) in [7, 11) is 0. The van der Waals surface area contributed by atoms with Gasteiger partial charge in [0.2, 0.25) is 5.88 Å². The summed E-state index contributed by atoms with van der Waals surface area (Å²) in [6.45, 7) is 3.73. The molecule has 2 rings (SSSR count). The van der Waals surface area contributed by atoms with Crippen molar-refractivity contribution in [3.05, 3.63) is 11.3 Å². The Labute approximate surface area is 101 Å². The molecular weight excluding hydrogens is 218 g/mol. The van der Waals surface area contributed by atoms with Gasteiger partial charge in [0.05, 0.1) is 5.69 Å². The molecule has 0 aromatic carbocycles. The van der Waals surface area contributed by atoms with Crippen LogP contribution in [0.3, 0.4) is 0 Å². The number of rotatable bonds is 2. The van der Waals surface area contributed by atoms with Gasteiger partial charge in [0.1, 0.15) is 0 Å². The van der Waals surface area contributed by atoms with Crippen LogP contribution < -0.4 is 10.6 Å². The third kappa shape index (κ3) is 2.99. The number of hydrogen-bond donors (Lipinski definition) is 2. The molecule has 94 valence electrons. The fourth-order valence-corrected chi connectivity index (χ4v) is 2.10. The van der Waals surface area contributed by atoms with Gasteiger partial charge >= 0.3 is 6.03 Å². The normalized spacial score (nSPS) is 16.8. The Balaban J connectivity index is 1.86. The molecule has 1 aliphatic carbocycles. The Morgan fingerprint density at radius 2 is 2.00 bits per heavy atom. The van der Waals surface area contributed by atoms with Crippen LogP contribution in [0.2, 0.25) is 0 Å². The van der Waals surface area contributed by atoms with Gasteiger partial charge in [-0.25, -0.2) is 4.79 Å². The second kappa shape index (κ2) is 5.21. The zero-order valence-electron chi connectivity index (χ0n) is 10.4. The SMILES string of the molecule is Cc1noc(NC(=O)NC2CCCCC2)c1C. The van der Waals surface area contributed by atoms with E-state index in [-0.39, 0.29) is 6.03 Å². The largest absolute Gasteiger partial charge is 0.338 e. The number of aryl methyl sites for hydroxylation is 1. The number of aromatic nitrogens is 1. The molecule has 1 aliphatic rings. The lowest BCUT2D eigenvalue weighted by Crippen LogP contribution is -2.39. The fraction of sp³-hybridized carbons (Fsp3) is 0.667. The van der Waals surface area contributed by atoms with Crippen LogP contribution in [-0.2, 0) is 0 Å². The van der Waals surface area contributed by atoms with E-state index in [2.05, 4.69) is 15.8 Å². The second-order valence-corrected chi connectivity index (χ2v) is 4.66.